The molecule has 0 aromatic rings. The minimum absolute atomic E-state index is 0.365. The molecule has 0 aromatic heterocycles. The highest BCUT2D eigenvalue weighted by Gasteiger charge is 2.68. The smallest absolute Gasteiger partial charge is 0.0713 e. The lowest BCUT2D eigenvalue weighted by molar-refractivity contribution is -0.291. The zero-order valence-corrected chi connectivity index (χ0v) is 10.9. The van der Waals surface area contributed by atoms with Gasteiger partial charge in [-0.3, -0.25) is 0 Å². The van der Waals surface area contributed by atoms with E-state index < -0.39 is 11.2 Å². The summed E-state index contributed by atoms with van der Waals surface area (Å²) in [4.78, 5) is 0. The fraction of sp³-hybridized carbons (Fsp3) is 1.00. The zero-order chi connectivity index (χ0) is 12.0. The van der Waals surface area contributed by atoms with E-state index in [0.29, 0.717) is 35.5 Å². The van der Waals surface area contributed by atoms with Gasteiger partial charge in [-0.25, -0.2) is 0 Å². The van der Waals surface area contributed by atoms with Crippen LogP contribution in [-0.4, -0.2) is 21.4 Å². The fourth-order valence-corrected chi connectivity index (χ4v) is 6.37. The van der Waals surface area contributed by atoms with Crippen molar-refractivity contribution < 1.29 is 10.2 Å². The predicted molar refractivity (Wildman–Crippen MR) is 65.3 cm³/mol. The molecule has 0 aromatic carbocycles. The first-order chi connectivity index (χ1) is 7.93. The van der Waals surface area contributed by atoms with Crippen molar-refractivity contribution >= 4 is 0 Å². The Kier molecular flexibility index (Phi) is 1.85. The summed E-state index contributed by atoms with van der Waals surface area (Å²) in [5, 5.41) is 21.8. The quantitative estimate of drug-likeness (QED) is 0.677. The van der Waals surface area contributed by atoms with Gasteiger partial charge in [0.15, 0.2) is 0 Å². The molecule has 5 fully saturated rings. The van der Waals surface area contributed by atoms with Crippen molar-refractivity contribution in [2.24, 2.45) is 35.5 Å². The van der Waals surface area contributed by atoms with Crippen molar-refractivity contribution in [2.75, 3.05) is 0 Å². The van der Waals surface area contributed by atoms with E-state index in [1.807, 2.05) is 0 Å². The molecule has 0 spiro atoms. The van der Waals surface area contributed by atoms with E-state index in [1.165, 1.54) is 6.42 Å². The summed E-state index contributed by atoms with van der Waals surface area (Å²) in [7, 11) is 0. The molecule has 96 valence electrons. The molecular formula is C15H24O2. The van der Waals surface area contributed by atoms with Gasteiger partial charge in [-0.15, -0.1) is 0 Å². The van der Waals surface area contributed by atoms with Crippen LogP contribution in [0.2, 0.25) is 0 Å². The molecular weight excluding hydrogens is 212 g/mol. The molecule has 0 heterocycles. The van der Waals surface area contributed by atoms with E-state index in [0.717, 1.165) is 25.7 Å². The maximum absolute atomic E-state index is 11.2. The van der Waals surface area contributed by atoms with Crippen molar-refractivity contribution in [1.29, 1.82) is 0 Å². The van der Waals surface area contributed by atoms with Crippen LogP contribution in [0.4, 0.5) is 0 Å². The Balaban J connectivity index is 1.83. The summed E-state index contributed by atoms with van der Waals surface area (Å²) in [5.74, 6) is 3.43. The van der Waals surface area contributed by atoms with Crippen LogP contribution >= 0.6 is 0 Å². The minimum atomic E-state index is -0.440. The third kappa shape index (κ3) is 1.14. The molecule has 5 rings (SSSR count). The van der Waals surface area contributed by atoms with E-state index in [4.69, 9.17) is 0 Å². The van der Waals surface area contributed by atoms with Gasteiger partial charge in [0.25, 0.3) is 0 Å². The third-order valence-electron chi connectivity index (χ3n) is 6.83. The molecule has 0 amide bonds. The molecule has 5 aliphatic carbocycles. The van der Waals surface area contributed by atoms with Gasteiger partial charge in [0.1, 0.15) is 0 Å². The summed E-state index contributed by atoms with van der Waals surface area (Å²) in [6.45, 7) is 4.62. The molecule has 17 heavy (non-hydrogen) atoms. The predicted octanol–water partition coefficient (Wildman–Crippen LogP) is 2.19. The van der Waals surface area contributed by atoms with Crippen LogP contribution in [0.1, 0.15) is 46.0 Å². The Morgan fingerprint density at radius 1 is 0.882 bits per heavy atom. The normalized spacial score (nSPS) is 68.5. The Labute approximate surface area is 103 Å². The second kappa shape index (κ2) is 2.91. The average molecular weight is 236 g/mol. The van der Waals surface area contributed by atoms with Crippen LogP contribution in [0.3, 0.4) is 0 Å². The standard InChI is InChI=1S/C15H24O2/c1-8-3-10-11-5-14(16)6-12(9(11)2)15(17,4-8)13(10)7-14/h8-13,16-17H,3-7H2,1-2H3. The van der Waals surface area contributed by atoms with Gasteiger partial charge in [0.2, 0.25) is 0 Å². The summed E-state index contributed by atoms with van der Waals surface area (Å²) >= 11 is 0. The molecule has 5 saturated carbocycles. The van der Waals surface area contributed by atoms with Gasteiger partial charge in [0, 0.05) is 0 Å². The summed E-state index contributed by atoms with van der Waals surface area (Å²) in [6, 6.07) is 0. The Morgan fingerprint density at radius 3 is 2.35 bits per heavy atom. The van der Waals surface area contributed by atoms with Crippen LogP contribution in [0, 0.1) is 35.5 Å². The van der Waals surface area contributed by atoms with E-state index in [1.54, 1.807) is 0 Å². The lowest BCUT2D eigenvalue weighted by atomic mass is 9.38. The summed E-state index contributed by atoms with van der Waals surface area (Å²) in [5.41, 5.74) is -0.860. The molecule has 2 heteroatoms. The molecule has 0 radical (unpaired) electrons. The molecule has 8 unspecified atom stereocenters. The molecule has 5 aliphatic rings. The zero-order valence-electron chi connectivity index (χ0n) is 10.9. The van der Waals surface area contributed by atoms with Crippen molar-refractivity contribution in [3.8, 4) is 0 Å². The van der Waals surface area contributed by atoms with Gasteiger partial charge < -0.3 is 10.2 Å². The highest BCUT2D eigenvalue weighted by atomic mass is 16.3. The lowest BCUT2D eigenvalue weighted by Gasteiger charge is -2.70. The summed E-state index contributed by atoms with van der Waals surface area (Å²) in [6.07, 6.45) is 5.00. The van der Waals surface area contributed by atoms with Gasteiger partial charge in [-0.1, -0.05) is 13.8 Å². The SMILES string of the molecule is CC1CC2C3CC4(O)CC(C3C)C(O)(C1)C2C4. The van der Waals surface area contributed by atoms with Crippen molar-refractivity contribution in [3.05, 3.63) is 0 Å². The maximum atomic E-state index is 11.2. The van der Waals surface area contributed by atoms with E-state index >= 15 is 0 Å². The largest absolute Gasteiger partial charge is 0.390 e. The van der Waals surface area contributed by atoms with Crippen molar-refractivity contribution in [1.82, 2.24) is 0 Å². The number of hydrogen-bond donors (Lipinski definition) is 2. The van der Waals surface area contributed by atoms with Crippen LogP contribution in [-0.2, 0) is 0 Å². The minimum Gasteiger partial charge on any atom is -0.390 e. The number of rotatable bonds is 0. The van der Waals surface area contributed by atoms with Gasteiger partial charge in [-0.2, -0.15) is 0 Å². The Morgan fingerprint density at radius 2 is 1.59 bits per heavy atom. The lowest BCUT2D eigenvalue weighted by Crippen LogP contribution is -2.71. The van der Waals surface area contributed by atoms with Gasteiger partial charge in [-0.05, 0) is 67.6 Å². The molecule has 0 aliphatic heterocycles. The first-order valence-corrected chi connectivity index (χ1v) is 7.38. The first-order valence-electron chi connectivity index (χ1n) is 7.38. The van der Waals surface area contributed by atoms with Crippen molar-refractivity contribution in [3.63, 3.8) is 0 Å². The number of hydrogen-bond acceptors (Lipinski definition) is 2. The number of aliphatic hydroxyl groups is 2. The first kappa shape index (κ1) is 10.8. The van der Waals surface area contributed by atoms with E-state index in [9.17, 15) is 10.2 Å². The van der Waals surface area contributed by atoms with Crippen LogP contribution < -0.4 is 0 Å². The van der Waals surface area contributed by atoms with E-state index in [-0.39, 0.29) is 0 Å². The highest BCUT2D eigenvalue weighted by Crippen LogP contribution is 2.68. The fourth-order valence-electron chi connectivity index (χ4n) is 6.37. The van der Waals surface area contributed by atoms with Crippen molar-refractivity contribution in [2.45, 2.75) is 57.2 Å². The Bertz CT molecular complexity index is 356. The molecule has 0 saturated heterocycles. The van der Waals surface area contributed by atoms with Crippen LogP contribution in [0.5, 0.6) is 0 Å². The molecule has 8 atom stereocenters. The maximum Gasteiger partial charge on any atom is 0.0713 e. The summed E-state index contributed by atoms with van der Waals surface area (Å²) < 4.78 is 0. The highest BCUT2D eigenvalue weighted by molar-refractivity contribution is 5.18. The third-order valence-corrected chi connectivity index (χ3v) is 6.83. The Hall–Kier alpha value is -0.0800. The molecule has 2 nitrogen and oxygen atoms in total. The monoisotopic (exact) mass is 236 g/mol. The van der Waals surface area contributed by atoms with Crippen LogP contribution in [0.15, 0.2) is 0 Å². The van der Waals surface area contributed by atoms with Gasteiger partial charge >= 0.3 is 0 Å². The second-order valence-corrected chi connectivity index (χ2v) is 7.77. The van der Waals surface area contributed by atoms with Crippen LogP contribution in [0.25, 0.3) is 0 Å². The molecule has 2 N–H and O–H groups in total. The topological polar surface area (TPSA) is 40.5 Å². The second-order valence-electron chi connectivity index (χ2n) is 7.77. The average Bonchev–Trinajstić information content (AvgIpc) is 2.24. The van der Waals surface area contributed by atoms with Gasteiger partial charge in [0.05, 0.1) is 11.2 Å². The molecule has 6 bridgehead atoms. The van der Waals surface area contributed by atoms with E-state index in [2.05, 4.69) is 13.8 Å².